The zero-order chi connectivity index (χ0) is 44.6. The van der Waals surface area contributed by atoms with E-state index in [0.717, 1.165) is 56.5 Å². The highest BCUT2D eigenvalue weighted by Crippen LogP contribution is 2.45. The molecule has 1 aliphatic rings. The van der Waals surface area contributed by atoms with Crippen molar-refractivity contribution in [3.05, 3.63) is 168 Å². The van der Waals surface area contributed by atoms with Crippen LogP contribution in [-0.4, -0.2) is 15.6 Å². The van der Waals surface area contributed by atoms with Gasteiger partial charge in [-0.1, -0.05) is 144 Å². The van der Waals surface area contributed by atoms with E-state index < -0.39 is 0 Å². The van der Waals surface area contributed by atoms with Crippen LogP contribution in [0.3, 0.4) is 0 Å². The number of nitrogens with zero attached hydrogens (tertiary/aromatic N) is 4. The van der Waals surface area contributed by atoms with Gasteiger partial charge < -0.3 is 4.74 Å². The fourth-order valence-corrected chi connectivity index (χ4v) is 8.70. The molecule has 316 valence electrons. The fourth-order valence-electron chi connectivity index (χ4n) is 8.70. The maximum atomic E-state index is 6.83. The molecule has 3 heterocycles. The lowest BCUT2D eigenvalue weighted by Crippen LogP contribution is -2.18. The lowest BCUT2D eigenvalue weighted by atomic mass is 9.80. The maximum absolute atomic E-state index is 6.83. The molecule has 0 bridgehead atoms. The van der Waals surface area contributed by atoms with Gasteiger partial charge in [0.25, 0.3) is 5.69 Å². The van der Waals surface area contributed by atoms with Crippen LogP contribution in [0.2, 0.25) is 0 Å². The largest absolute Gasteiger partial charge is 0.503 e. The quantitative estimate of drug-likeness (QED) is 0.156. The van der Waals surface area contributed by atoms with Gasteiger partial charge in [-0.3, -0.25) is 4.57 Å². The average Bonchev–Trinajstić information content (AvgIpc) is 3.78. The van der Waals surface area contributed by atoms with E-state index in [1.807, 2.05) is 12.3 Å². The van der Waals surface area contributed by atoms with E-state index in [1.54, 1.807) is 0 Å². The SMILES string of the molecule is CC(C)(C)c1cc([N+]2=C=[N+](c3cccc(Oc4ccc5c6cc(-c7ccccc7)ccc6n(-c6cc(C(C)(C)C)ccn6)c5c4)c3)c3cccc(C(C)(C)C)c32)cc(C(C)(C)C)c1. The van der Waals surface area contributed by atoms with Gasteiger partial charge in [-0.15, -0.1) is 0 Å². The molecule has 0 spiro atoms. The van der Waals surface area contributed by atoms with Crippen LogP contribution in [0.25, 0.3) is 38.8 Å². The molecule has 0 N–H and O–H groups in total. The van der Waals surface area contributed by atoms with Gasteiger partial charge in [0.05, 0.1) is 17.1 Å². The normalized spacial score (nSPS) is 13.3. The highest BCUT2D eigenvalue weighted by molar-refractivity contribution is 6.10. The summed E-state index contributed by atoms with van der Waals surface area (Å²) in [6, 6.07) is 54.0. The Morgan fingerprint density at radius 2 is 1.16 bits per heavy atom. The number of hydrogen-bond donors (Lipinski definition) is 0. The van der Waals surface area contributed by atoms with Crippen molar-refractivity contribution in [2.45, 2.75) is 105 Å². The number of hydrogen-bond acceptors (Lipinski definition) is 2. The van der Waals surface area contributed by atoms with E-state index >= 15 is 0 Å². The minimum absolute atomic E-state index is 0.0249. The van der Waals surface area contributed by atoms with Crippen molar-refractivity contribution in [2.75, 3.05) is 0 Å². The summed E-state index contributed by atoms with van der Waals surface area (Å²) in [6.45, 7) is 27.4. The van der Waals surface area contributed by atoms with Crippen molar-refractivity contribution in [1.82, 2.24) is 18.7 Å². The number of pyridine rings is 1. The van der Waals surface area contributed by atoms with Crippen LogP contribution in [0.5, 0.6) is 11.5 Å². The van der Waals surface area contributed by atoms with Crippen LogP contribution in [0.1, 0.15) is 105 Å². The second-order valence-electron chi connectivity index (χ2n) is 21.3. The number of para-hydroxylation sites is 1. The van der Waals surface area contributed by atoms with Crippen LogP contribution < -0.4 is 13.9 Å². The molecule has 8 aromatic rings. The van der Waals surface area contributed by atoms with E-state index in [1.165, 1.54) is 38.8 Å². The second kappa shape index (κ2) is 15.1. The molecule has 0 unspecified atom stereocenters. The van der Waals surface area contributed by atoms with Crippen molar-refractivity contribution in [3.8, 4) is 28.4 Å². The van der Waals surface area contributed by atoms with E-state index in [0.29, 0.717) is 0 Å². The predicted octanol–water partition coefficient (Wildman–Crippen LogP) is 15.7. The van der Waals surface area contributed by atoms with Crippen molar-refractivity contribution in [1.29, 1.82) is 0 Å². The van der Waals surface area contributed by atoms with Gasteiger partial charge in [0, 0.05) is 52.9 Å². The van der Waals surface area contributed by atoms with Gasteiger partial charge in [0.1, 0.15) is 17.3 Å². The summed E-state index contributed by atoms with van der Waals surface area (Å²) >= 11 is 0. The summed E-state index contributed by atoms with van der Waals surface area (Å²) < 4.78 is 13.6. The second-order valence-corrected chi connectivity index (χ2v) is 21.3. The van der Waals surface area contributed by atoms with Crippen LogP contribution in [-0.2, 0) is 21.7 Å². The molecule has 63 heavy (non-hydrogen) atoms. The highest BCUT2D eigenvalue weighted by atomic mass is 16.5. The van der Waals surface area contributed by atoms with E-state index in [2.05, 4.69) is 236 Å². The Labute approximate surface area is 373 Å². The minimum atomic E-state index is -0.103. The van der Waals surface area contributed by atoms with Crippen molar-refractivity contribution < 1.29 is 4.74 Å². The first-order valence-corrected chi connectivity index (χ1v) is 22.3. The van der Waals surface area contributed by atoms with Gasteiger partial charge in [-0.2, -0.15) is 0 Å². The van der Waals surface area contributed by atoms with E-state index in [9.17, 15) is 0 Å². The summed E-state index contributed by atoms with van der Waals surface area (Å²) in [5, 5.41) is 2.31. The van der Waals surface area contributed by atoms with Gasteiger partial charge in [-0.25, -0.2) is 4.98 Å². The molecular formula is C58H60N4O+2. The molecule has 2 aromatic heterocycles. The number of rotatable bonds is 6. The Bertz CT molecular complexity index is 3120. The molecular weight excluding hydrogens is 769 g/mol. The van der Waals surface area contributed by atoms with Crippen molar-refractivity contribution in [3.63, 3.8) is 0 Å². The summed E-state index contributed by atoms with van der Waals surface area (Å²) in [7, 11) is 0. The fraction of sp³-hybridized carbons (Fsp3) is 0.276. The third kappa shape index (κ3) is 7.92. The van der Waals surface area contributed by atoms with Crippen LogP contribution >= 0.6 is 0 Å². The highest BCUT2D eigenvalue weighted by Gasteiger charge is 2.42. The van der Waals surface area contributed by atoms with Gasteiger partial charge in [0.15, 0.2) is 0 Å². The van der Waals surface area contributed by atoms with Gasteiger partial charge >= 0.3 is 11.7 Å². The number of aromatic nitrogens is 2. The van der Waals surface area contributed by atoms with Crippen molar-refractivity contribution >= 4 is 50.6 Å². The lowest BCUT2D eigenvalue weighted by molar-refractivity contribution is 0.483. The summed E-state index contributed by atoms with van der Waals surface area (Å²) in [5.74, 6) is 2.38. The van der Waals surface area contributed by atoms with Crippen molar-refractivity contribution in [2.24, 2.45) is 0 Å². The Kier molecular flexibility index (Phi) is 9.99. The van der Waals surface area contributed by atoms with E-state index in [-0.39, 0.29) is 21.7 Å². The Balaban J connectivity index is 1.18. The summed E-state index contributed by atoms with van der Waals surface area (Å²) in [5.41, 5.74) is 13.8. The zero-order valence-corrected chi connectivity index (χ0v) is 39.1. The van der Waals surface area contributed by atoms with Crippen LogP contribution in [0.4, 0.5) is 22.7 Å². The number of fused-ring (bicyclic) bond motifs is 4. The first-order valence-electron chi connectivity index (χ1n) is 22.3. The standard InChI is InChI=1S/C58H60N4O/c1-55(2,3)40-28-29-59-53(34-40)62-50-27-24-39(38-18-14-13-15-19-38)30-48(50)47-26-25-46(36-52(47)62)63-45-21-16-20-43(35-45)60-37-61(54-49(58(10,11)12)22-17-23-51(54)60)44-32-41(56(4,5)6)31-42(33-44)57(7,8)9/h13-36H,1-12H3/q+2. The summed E-state index contributed by atoms with van der Waals surface area (Å²) in [4.78, 5) is 4.95. The molecule has 6 aromatic carbocycles. The molecule has 1 aliphatic heterocycles. The predicted molar refractivity (Wildman–Crippen MR) is 266 cm³/mol. The topological polar surface area (TPSA) is 33.1 Å². The maximum Gasteiger partial charge on any atom is 0.503 e. The first-order chi connectivity index (χ1) is 29.7. The third-order valence-electron chi connectivity index (χ3n) is 12.4. The van der Waals surface area contributed by atoms with Crippen LogP contribution in [0.15, 0.2) is 146 Å². The van der Waals surface area contributed by atoms with Gasteiger partial charge in [0.2, 0.25) is 11.4 Å². The zero-order valence-electron chi connectivity index (χ0n) is 39.1. The molecule has 0 amide bonds. The monoisotopic (exact) mass is 828 g/mol. The summed E-state index contributed by atoms with van der Waals surface area (Å²) in [6.07, 6.45) is 1.93. The van der Waals surface area contributed by atoms with E-state index in [4.69, 9.17) is 9.72 Å². The molecule has 5 heteroatoms. The molecule has 0 radical (unpaired) electrons. The molecule has 5 nitrogen and oxygen atoms in total. The average molecular weight is 829 g/mol. The molecule has 0 saturated carbocycles. The smallest absolute Gasteiger partial charge is 0.457 e. The number of benzene rings is 6. The number of ether oxygens (including phenoxy) is 1. The lowest BCUT2D eigenvalue weighted by Gasteiger charge is -2.25. The molecule has 9 rings (SSSR count). The molecule has 0 aliphatic carbocycles. The first kappa shape index (κ1) is 41.8. The minimum Gasteiger partial charge on any atom is -0.457 e. The Morgan fingerprint density at radius 3 is 1.84 bits per heavy atom. The van der Waals surface area contributed by atoms with Gasteiger partial charge in [-0.05, 0) is 101 Å². The molecule has 0 saturated heterocycles. The molecule has 0 atom stereocenters. The Morgan fingerprint density at radius 1 is 0.476 bits per heavy atom. The van der Waals surface area contributed by atoms with Crippen LogP contribution in [0, 0.1) is 0 Å². The molecule has 0 fully saturated rings. The Hall–Kier alpha value is -6.55. The third-order valence-corrected chi connectivity index (χ3v) is 12.4.